The molecule has 1 aromatic heterocycles. The van der Waals surface area contributed by atoms with Crippen molar-refractivity contribution >= 4 is 12.3 Å². The third kappa shape index (κ3) is 12.4. The Bertz CT molecular complexity index is 1430. The van der Waals surface area contributed by atoms with Gasteiger partial charge in [0.15, 0.2) is 5.82 Å². The Hall–Kier alpha value is -3.85. The topological polar surface area (TPSA) is 107 Å². The van der Waals surface area contributed by atoms with Crippen molar-refractivity contribution in [2.75, 3.05) is 32.7 Å². The number of fused-ring (bicyclic) bond motifs is 1. The van der Waals surface area contributed by atoms with Crippen molar-refractivity contribution in [1.29, 1.82) is 0 Å². The van der Waals surface area contributed by atoms with Crippen LogP contribution in [-0.2, 0) is 16.6 Å². The Morgan fingerprint density at radius 1 is 0.980 bits per heavy atom. The number of rotatable bonds is 10. The van der Waals surface area contributed by atoms with Gasteiger partial charge in [-0.2, -0.15) is 5.21 Å². The number of H-pyrrole nitrogens is 1. The molecule has 2 atom stereocenters. The first kappa shape index (κ1) is 45.2. The molecule has 0 saturated carbocycles. The van der Waals surface area contributed by atoms with Gasteiger partial charge in [0.05, 0.1) is 5.41 Å². The third-order valence-electron chi connectivity index (χ3n) is 9.07. The number of tetrazole rings is 1. The summed E-state index contributed by atoms with van der Waals surface area (Å²) in [5, 5.41) is 19.6. The third-order valence-corrected chi connectivity index (χ3v) is 9.07. The fourth-order valence-electron chi connectivity index (χ4n) is 7.12. The molecule has 2 amide bonds. The molecule has 2 aromatic rings. The van der Waals surface area contributed by atoms with Gasteiger partial charge in [-0.3, -0.25) is 9.59 Å². The van der Waals surface area contributed by atoms with Gasteiger partial charge >= 0.3 is 0 Å². The van der Waals surface area contributed by atoms with E-state index >= 15 is 0 Å². The summed E-state index contributed by atoms with van der Waals surface area (Å²) in [6, 6.07) is 6.39. The molecule has 2 aliphatic heterocycles. The van der Waals surface area contributed by atoms with Crippen molar-refractivity contribution in [3.63, 3.8) is 0 Å². The molecule has 2 fully saturated rings. The summed E-state index contributed by atoms with van der Waals surface area (Å²) in [6.45, 7) is 35.2. The van der Waals surface area contributed by atoms with E-state index in [1.165, 1.54) is 29.6 Å². The van der Waals surface area contributed by atoms with Gasteiger partial charge in [-0.25, -0.2) is 0 Å². The van der Waals surface area contributed by atoms with Crippen molar-refractivity contribution in [3.8, 4) is 0 Å². The molecular formula is C42H69N7O2. The minimum Gasteiger partial charge on any atom is -0.345 e. The van der Waals surface area contributed by atoms with E-state index in [0.29, 0.717) is 5.82 Å². The predicted octanol–water partition coefficient (Wildman–Crippen LogP) is 8.77. The Kier molecular flexibility index (Phi) is 20.9. The van der Waals surface area contributed by atoms with Gasteiger partial charge in [0.1, 0.15) is 0 Å². The standard InChI is InChI=1S/C31H42N6O.C5H9NO.3C2H6/c1-20(2)16-23(6)28-22(5)10-11-25-17-26(29(38)37-14-8-9-15-37)12-13-27(25)31(28,30-33-35-36-34-30)18-24(7)32-19-21(3)4;7-5-6-3-1-2-4-6;3*1-2/h12-13,16-17,24,32H,1,3,8-11,14-15,18-19H2,2,4-7H3,(H,33,34,35,36);5H,1-4H2;3*1-2H3/b23-16-;;;;. The molecular weight excluding hydrogens is 635 g/mol. The SMILES string of the molecule is C=C(C)/C=C(/C)C1=C(C)CCc2cc(C(=O)N3CCCC3)ccc2C1(CC(C)NCC(=C)C)c1nn[nH]n1.CC.CC.CC.O=CN1CCCC1. The van der Waals surface area contributed by atoms with Crippen LogP contribution in [0.3, 0.4) is 0 Å². The number of aromatic nitrogens is 4. The molecule has 2 N–H and O–H groups in total. The van der Waals surface area contributed by atoms with E-state index in [1.54, 1.807) is 4.90 Å². The number of hydrogen-bond donors (Lipinski definition) is 2. The number of amides is 2. The van der Waals surface area contributed by atoms with Crippen LogP contribution in [0.25, 0.3) is 0 Å². The quantitative estimate of drug-likeness (QED) is 0.146. The highest BCUT2D eigenvalue weighted by Crippen LogP contribution is 2.49. The molecule has 9 nitrogen and oxygen atoms in total. The van der Waals surface area contributed by atoms with Crippen LogP contribution in [0, 0.1) is 0 Å². The van der Waals surface area contributed by atoms with Crippen molar-refractivity contribution in [1.82, 2.24) is 35.7 Å². The summed E-state index contributed by atoms with van der Waals surface area (Å²) in [5.41, 5.74) is 8.15. The number of carbonyl (C=O) groups excluding carboxylic acids is 2. The summed E-state index contributed by atoms with van der Waals surface area (Å²) in [5.74, 6) is 0.770. The Morgan fingerprint density at radius 2 is 1.59 bits per heavy atom. The van der Waals surface area contributed by atoms with Gasteiger partial charge in [-0.15, -0.1) is 10.2 Å². The van der Waals surface area contributed by atoms with Gasteiger partial charge in [-0.05, 0) is 114 Å². The van der Waals surface area contributed by atoms with Crippen LogP contribution < -0.4 is 5.32 Å². The Morgan fingerprint density at radius 3 is 2.10 bits per heavy atom. The maximum atomic E-state index is 13.3. The second kappa shape index (κ2) is 23.6. The van der Waals surface area contributed by atoms with E-state index in [4.69, 9.17) is 0 Å². The van der Waals surface area contributed by atoms with Gasteiger partial charge < -0.3 is 15.1 Å². The highest BCUT2D eigenvalue weighted by molar-refractivity contribution is 5.94. The normalized spacial score (nSPS) is 18.6. The van der Waals surface area contributed by atoms with Crippen molar-refractivity contribution in [2.45, 2.75) is 133 Å². The molecule has 0 spiro atoms. The molecule has 0 radical (unpaired) electrons. The largest absolute Gasteiger partial charge is 0.345 e. The van der Waals surface area contributed by atoms with E-state index in [-0.39, 0.29) is 11.9 Å². The molecule has 0 bridgehead atoms. The molecule has 51 heavy (non-hydrogen) atoms. The minimum absolute atomic E-state index is 0.125. The average Bonchev–Trinajstić information content (AvgIpc) is 3.96. The van der Waals surface area contributed by atoms with E-state index in [2.05, 4.69) is 78.1 Å². The van der Waals surface area contributed by atoms with Crippen molar-refractivity contribution in [3.05, 3.63) is 87.8 Å². The zero-order valence-corrected chi connectivity index (χ0v) is 33.9. The summed E-state index contributed by atoms with van der Waals surface area (Å²) in [4.78, 5) is 27.0. The molecule has 5 rings (SSSR count). The van der Waals surface area contributed by atoms with Crippen LogP contribution in [-0.4, -0.2) is 81.5 Å². The average molecular weight is 704 g/mol. The van der Waals surface area contributed by atoms with Gasteiger partial charge in [-0.1, -0.05) is 88.8 Å². The summed E-state index contributed by atoms with van der Waals surface area (Å²) in [6.07, 6.45) is 10.1. The molecule has 2 saturated heterocycles. The lowest BCUT2D eigenvalue weighted by molar-refractivity contribution is -0.117. The minimum atomic E-state index is -0.657. The van der Waals surface area contributed by atoms with E-state index in [0.717, 1.165) is 99.1 Å². The Labute approximate surface area is 310 Å². The first-order valence-corrected chi connectivity index (χ1v) is 19.3. The monoisotopic (exact) mass is 704 g/mol. The predicted molar refractivity (Wildman–Crippen MR) is 214 cm³/mol. The fourth-order valence-corrected chi connectivity index (χ4v) is 7.12. The van der Waals surface area contributed by atoms with Gasteiger partial charge in [0.25, 0.3) is 5.91 Å². The van der Waals surface area contributed by atoms with E-state index in [1.807, 2.05) is 66.4 Å². The fraction of sp³-hybridized carbons (Fsp3) is 0.595. The maximum absolute atomic E-state index is 13.3. The number of benzene rings is 1. The number of allylic oxidation sites excluding steroid dienone is 5. The highest BCUT2D eigenvalue weighted by atomic mass is 16.2. The van der Waals surface area contributed by atoms with Crippen LogP contribution in [0.5, 0.6) is 0 Å². The van der Waals surface area contributed by atoms with Crippen LogP contribution in [0.1, 0.15) is 142 Å². The van der Waals surface area contributed by atoms with Crippen LogP contribution in [0.2, 0.25) is 0 Å². The molecule has 1 aromatic carbocycles. The van der Waals surface area contributed by atoms with Gasteiger partial charge in [0.2, 0.25) is 6.41 Å². The van der Waals surface area contributed by atoms with Crippen LogP contribution in [0.15, 0.2) is 65.3 Å². The zero-order valence-electron chi connectivity index (χ0n) is 33.9. The molecule has 284 valence electrons. The lowest BCUT2D eigenvalue weighted by Crippen LogP contribution is -2.41. The van der Waals surface area contributed by atoms with Crippen molar-refractivity contribution < 1.29 is 9.59 Å². The van der Waals surface area contributed by atoms with Crippen molar-refractivity contribution in [2.24, 2.45) is 0 Å². The molecule has 3 heterocycles. The zero-order chi connectivity index (χ0) is 38.6. The van der Waals surface area contributed by atoms with Crippen LogP contribution in [0.4, 0.5) is 0 Å². The number of aryl methyl sites for hydroxylation is 1. The van der Waals surface area contributed by atoms with E-state index in [9.17, 15) is 9.59 Å². The van der Waals surface area contributed by atoms with Crippen LogP contribution >= 0.6 is 0 Å². The lowest BCUT2D eigenvalue weighted by Gasteiger charge is -2.38. The Balaban J connectivity index is 0.000000860. The maximum Gasteiger partial charge on any atom is 0.253 e. The summed E-state index contributed by atoms with van der Waals surface area (Å²) < 4.78 is 0. The number of hydrogen-bond acceptors (Lipinski definition) is 6. The second-order valence-corrected chi connectivity index (χ2v) is 13.1. The lowest BCUT2D eigenvalue weighted by atomic mass is 9.65. The van der Waals surface area contributed by atoms with Gasteiger partial charge in [0, 0.05) is 44.3 Å². The summed E-state index contributed by atoms with van der Waals surface area (Å²) >= 11 is 0. The first-order chi connectivity index (χ1) is 24.6. The molecule has 1 aliphatic carbocycles. The first-order valence-electron chi connectivity index (χ1n) is 19.3. The number of nitrogens with one attached hydrogen (secondary N) is 2. The second-order valence-electron chi connectivity index (χ2n) is 13.1. The molecule has 3 aliphatic rings. The number of carbonyl (C=O) groups is 2. The number of likely N-dealkylation sites (tertiary alicyclic amines) is 2. The molecule has 9 heteroatoms. The smallest absolute Gasteiger partial charge is 0.253 e. The highest BCUT2D eigenvalue weighted by Gasteiger charge is 2.47. The number of nitrogens with zero attached hydrogens (tertiary/aromatic N) is 5. The molecule has 2 unspecified atom stereocenters. The van der Waals surface area contributed by atoms with E-state index < -0.39 is 5.41 Å². The summed E-state index contributed by atoms with van der Waals surface area (Å²) in [7, 11) is 0. The number of aromatic amines is 1.